The lowest BCUT2D eigenvalue weighted by Gasteiger charge is -2.22. The van der Waals surface area contributed by atoms with Crippen molar-refractivity contribution in [3.63, 3.8) is 0 Å². The summed E-state index contributed by atoms with van der Waals surface area (Å²) in [6.07, 6.45) is 1.64. The van der Waals surface area contributed by atoms with Gasteiger partial charge in [0.25, 0.3) is 5.91 Å². The van der Waals surface area contributed by atoms with Crippen LogP contribution in [0.15, 0.2) is 18.2 Å². The second-order valence-electron chi connectivity index (χ2n) is 6.77. The lowest BCUT2D eigenvalue weighted by atomic mass is 10.2. The summed E-state index contributed by atoms with van der Waals surface area (Å²) in [5, 5.41) is 4.67. The highest BCUT2D eigenvalue weighted by molar-refractivity contribution is 7.22. The minimum Gasteiger partial charge on any atom is -0.376 e. The number of halogens is 2. The van der Waals surface area contributed by atoms with Gasteiger partial charge < -0.3 is 4.74 Å². The van der Waals surface area contributed by atoms with Crippen molar-refractivity contribution in [2.75, 3.05) is 18.1 Å². The van der Waals surface area contributed by atoms with Crippen LogP contribution < -0.4 is 4.90 Å². The second-order valence-corrected chi connectivity index (χ2v) is 7.78. The zero-order chi connectivity index (χ0) is 19.8. The minimum atomic E-state index is -0.742. The highest BCUT2D eigenvalue weighted by atomic mass is 32.1. The Hall–Kier alpha value is -2.39. The average Bonchev–Trinajstić information content (AvgIpc) is 3.38. The molecule has 0 spiro atoms. The number of nitrogens with zero attached hydrogens (tertiary/aromatic N) is 4. The van der Waals surface area contributed by atoms with Crippen LogP contribution in [0.4, 0.5) is 13.9 Å². The van der Waals surface area contributed by atoms with Crippen molar-refractivity contribution in [1.29, 1.82) is 0 Å². The molecule has 0 N–H and O–H groups in total. The Balaban J connectivity index is 1.74. The van der Waals surface area contributed by atoms with E-state index in [0.717, 1.165) is 35.9 Å². The summed E-state index contributed by atoms with van der Waals surface area (Å²) < 4.78 is 35.5. The molecule has 1 amide bonds. The average molecular weight is 406 g/mol. The molecular formula is C19H20F2N4O2S. The van der Waals surface area contributed by atoms with Crippen molar-refractivity contribution >= 4 is 32.6 Å². The van der Waals surface area contributed by atoms with Gasteiger partial charge in [-0.15, -0.1) is 0 Å². The number of hydrogen-bond donors (Lipinski definition) is 0. The molecule has 0 radical (unpaired) electrons. The van der Waals surface area contributed by atoms with Crippen molar-refractivity contribution in [1.82, 2.24) is 14.8 Å². The third-order valence-electron chi connectivity index (χ3n) is 4.79. The molecule has 0 saturated carbocycles. The van der Waals surface area contributed by atoms with Gasteiger partial charge in [-0.25, -0.2) is 13.8 Å². The summed E-state index contributed by atoms with van der Waals surface area (Å²) in [5.74, 6) is -1.74. The van der Waals surface area contributed by atoms with Crippen molar-refractivity contribution in [2.45, 2.75) is 39.3 Å². The summed E-state index contributed by atoms with van der Waals surface area (Å²) in [6.45, 7) is 5.42. The first-order valence-corrected chi connectivity index (χ1v) is 10.0. The smallest absolute Gasteiger partial charge is 0.280 e. The van der Waals surface area contributed by atoms with Crippen molar-refractivity contribution in [3.05, 3.63) is 41.2 Å². The largest absolute Gasteiger partial charge is 0.376 e. The number of benzene rings is 1. The maximum atomic E-state index is 14.1. The molecular weight excluding hydrogens is 386 g/mol. The van der Waals surface area contributed by atoms with Crippen LogP contribution in [0.2, 0.25) is 0 Å². The van der Waals surface area contributed by atoms with E-state index in [0.29, 0.717) is 35.2 Å². The first kappa shape index (κ1) is 18.9. The molecule has 3 aromatic rings. The number of ether oxygens (including phenoxy) is 1. The number of carbonyl (C=O) groups is 1. The van der Waals surface area contributed by atoms with E-state index in [1.54, 1.807) is 10.7 Å². The monoisotopic (exact) mass is 406 g/mol. The van der Waals surface area contributed by atoms with Gasteiger partial charge in [0.15, 0.2) is 16.6 Å². The third kappa shape index (κ3) is 3.51. The zero-order valence-corrected chi connectivity index (χ0v) is 16.4. The molecule has 1 fully saturated rings. The molecule has 1 saturated heterocycles. The quantitative estimate of drug-likeness (QED) is 0.644. The Morgan fingerprint density at radius 1 is 1.39 bits per heavy atom. The fraction of sp³-hybridized carbons (Fsp3) is 0.421. The van der Waals surface area contributed by atoms with Crippen molar-refractivity contribution in [3.8, 4) is 0 Å². The molecule has 1 aliphatic rings. The van der Waals surface area contributed by atoms with E-state index in [1.807, 2.05) is 13.8 Å². The van der Waals surface area contributed by atoms with Gasteiger partial charge in [0.05, 0.1) is 17.3 Å². The normalized spacial score (nSPS) is 16.8. The standard InChI is InChI=1S/C19H20F2N4O2S/c1-3-25-11(2)7-15(23-25)18(26)24(10-13-5-4-6-27-13)19-22-17-14(21)8-12(20)9-16(17)28-19/h7-9,13H,3-6,10H2,1-2H3/t13-/m0/s1. The molecule has 1 aliphatic heterocycles. The van der Waals surface area contributed by atoms with E-state index in [1.165, 1.54) is 11.0 Å². The highest BCUT2D eigenvalue weighted by Crippen LogP contribution is 2.32. The summed E-state index contributed by atoms with van der Waals surface area (Å²) >= 11 is 1.08. The first-order valence-electron chi connectivity index (χ1n) is 9.19. The number of fused-ring (bicyclic) bond motifs is 1. The Bertz CT molecular complexity index is 1030. The molecule has 4 rings (SSSR count). The maximum Gasteiger partial charge on any atom is 0.280 e. The lowest BCUT2D eigenvalue weighted by molar-refractivity contribution is 0.0912. The van der Waals surface area contributed by atoms with E-state index < -0.39 is 11.6 Å². The van der Waals surface area contributed by atoms with Crippen molar-refractivity contribution in [2.24, 2.45) is 0 Å². The number of thiazole rings is 1. The molecule has 3 heterocycles. The number of rotatable bonds is 5. The van der Waals surface area contributed by atoms with Crippen LogP contribution in [0.25, 0.3) is 10.2 Å². The van der Waals surface area contributed by atoms with Gasteiger partial charge in [0.2, 0.25) is 0 Å². The van der Waals surface area contributed by atoms with Gasteiger partial charge in [-0.05, 0) is 38.8 Å². The first-order chi connectivity index (χ1) is 13.5. The summed E-state index contributed by atoms with van der Waals surface area (Å²) in [7, 11) is 0. The SMILES string of the molecule is CCn1nc(C(=O)N(C[C@@H]2CCCO2)c2nc3c(F)cc(F)cc3s2)cc1C. The number of aryl methyl sites for hydroxylation is 2. The van der Waals surface area contributed by atoms with Gasteiger partial charge in [-0.3, -0.25) is 14.4 Å². The highest BCUT2D eigenvalue weighted by Gasteiger charge is 2.29. The Morgan fingerprint density at radius 2 is 2.21 bits per heavy atom. The number of hydrogen-bond acceptors (Lipinski definition) is 5. The fourth-order valence-electron chi connectivity index (χ4n) is 3.37. The molecule has 1 atom stereocenters. The maximum absolute atomic E-state index is 14.1. The predicted octanol–water partition coefficient (Wildman–Crippen LogP) is 3.93. The number of aromatic nitrogens is 3. The van der Waals surface area contributed by atoms with Gasteiger partial charge >= 0.3 is 0 Å². The molecule has 28 heavy (non-hydrogen) atoms. The van der Waals surface area contributed by atoms with E-state index in [2.05, 4.69) is 10.1 Å². The van der Waals surface area contributed by atoms with E-state index in [4.69, 9.17) is 4.74 Å². The van der Waals surface area contributed by atoms with Crippen LogP contribution in [0.1, 0.15) is 35.9 Å². The molecule has 2 aromatic heterocycles. The Kier molecular flexibility index (Phi) is 5.11. The minimum absolute atomic E-state index is 0.0572. The van der Waals surface area contributed by atoms with Crippen LogP contribution in [-0.2, 0) is 11.3 Å². The molecule has 148 valence electrons. The van der Waals surface area contributed by atoms with Gasteiger partial charge in [0.1, 0.15) is 11.3 Å². The van der Waals surface area contributed by atoms with Crippen LogP contribution in [-0.4, -0.2) is 39.9 Å². The van der Waals surface area contributed by atoms with E-state index >= 15 is 0 Å². The van der Waals surface area contributed by atoms with E-state index in [-0.39, 0.29) is 17.5 Å². The zero-order valence-electron chi connectivity index (χ0n) is 15.6. The third-order valence-corrected chi connectivity index (χ3v) is 5.81. The molecule has 1 aromatic carbocycles. The number of anilines is 1. The fourth-order valence-corrected chi connectivity index (χ4v) is 4.39. The van der Waals surface area contributed by atoms with Gasteiger partial charge in [0, 0.05) is 24.9 Å². The summed E-state index contributed by atoms with van der Waals surface area (Å²) in [6, 6.07) is 3.75. The van der Waals surface area contributed by atoms with Crippen LogP contribution in [0, 0.1) is 18.6 Å². The Morgan fingerprint density at radius 3 is 2.89 bits per heavy atom. The predicted molar refractivity (Wildman–Crippen MR) is 103 cm³/mol. The van der Waals surface area contributed by atoms with Gasteiger partial charge in [-0.2, -0.15) is 5.10 Å². The molecule has 9 heteroatoms. The number of carbonyl (C=O) groups excluding carboxylic acids is 1. The molecule has 0 unspecified atom stereocenters. The summed E-state index contributed by atoms with van der Waals surface area (Å²) in [5.41, 5.74) is 1.23. The van der Waals surface area contributed by atoms with Crippen molar-refractivity contribution < 1.29 is 18.3 Å². The van der Waals surface area contributed by atoms with Gasteiger partial charge in [-0.1, -0.05) is 11.3 Å². The second kappa shape index (κ2) is 7.56. The number of amides is 1. The molecule has 6 nitrogen and oxygen atoms in total. The van der Waals surface area contributed by atoms with Crippen LogP contribution >= 0.6 is 11.3 Å². The topological polar surface area (TPSA) is 60.2 Å². The van der Waals surface area contributed by atoms with Crippen LogP contribution in [0.3, 0.4) is 0 Å². The summed E-state index contributed by atoms with van der Waals surface area (Å²) in [4.78, 5) is 19.0. The van der Waals surface area contributed by atoms with E-state index in [9.17, 15) is 13.6 Å². The lowest BCUT2D eigenvalue weighted by Crippen LogP contribution is -2.37. The van der Waals surface area contributed by atoms with Crippen LogP contribution in [0.5, 0.6) is 0 Å². The molecule has 0 aliphatic carbocycles. The Labute approximate surface area is 164 Å². The molecule has 0 bridgehead atoms.